The van der Waals surface area contributed by atoms with Crippen LogP contribution in [0.2, 0.25) is 5.02 Å². The molecule has 3 aromatic rings. The van der Waals surface area contributed by atoms with Crippen LogP contribution in [0.3, 0.4) is 0 Å². The first-order valence-corrected chi connectivity index (χ1v) is 6.35. The van der Waals surface area contributed by atoms with Gasteiger partial charge in [0, 0.05) is 11.9 Å². The molecule has 22 heavy (non-hydrogen) atoms. The molecular formula is C12H8ClF3N6. The Balaban J connectivity index is 2.28. The molecule has 0 bridgehead atoms. The highest BCUT2D eigenvalue weighted by atomic mass is 35.5. The predicted octanol–water partition coefficient (Wildman–Crippen LogP) is 2.75. The second kappa shape index (κ2) is 4.80. The number of alkyl halides is 3. The molecule has 3 aromatic heterocycles. The molecule has 0 unspecified atom stereocenters. The van der Waals surface area contributed by atoms with Gasteiger partial charge in [-0.1, -0.05) is 11.6 Å². The lowest BCUT2D eigenvalue weighted by atomic mass is 10.1. The average Bonchev–Trinajstić information content (AvgIpc) is 2.87. The fourth-order valence-corrected chi connectivity index (χ4v) is 2.25. The van der Waals surface area contributed by atoms with Crippen molar-refractivity contribution < 1.29 is 13.2 Å². The minimum atomic E-state index is -4.63. The average molecular weight is 329 g/mol. The lowest BCUT2D eigenvalue weighted by Gasteiger charge is -2.13. The van der Waals surface area contributed by atoms with Gasteiger partial charge in [0.1, 0.15) is 12.0 Å². The summed E-state index contributed by atoms with van der Waals surface area (Å²) in [5, 5.41) is 3.67. The van der Waals surface area contributed by atoms with Gasteiger partial charge >= 0.3 is 6.18 Å². The molecule has 10 heteroatoms. The first kappa shape index (κ1) is 14.5. The van der Waals surface area contributed by atoms with E-state index in [1.54, 1.807) is 13.0 Å². The number of nitrogens with zero attached hydrogens (tertiary/aromatic N) is 5. The van der Waals surface area contributed by atoms with Crippen molar-refractivity contribution in [1.82, 2.24) is 24.6 Å². The summed E-state index contributed by atoms with van der Waals surface area (Å²) in [6, 6.07) is 1.59. The molecule has 6 nitrogen and oxygen atoms in total. The molecule has 0 saturated heterocycles. The molecule has 0 aliphatic rings. The molecule has 0 atom stereocenters. The number of rotatable bonds is 1. The molecule has 3 heterocycles. The largest absolute Gasteiger partial charge is 0.419 e. The van der Waals surface area contributed by atoms with Crippen LogP contribution >= 0.6 is 11.6 Å². The van der Waals surface area contributed by atoms with E-state index in [9.17, 15) is 13.2 Å². The Morgan fingerprint density at radius 3 is 2.68 bits per heavy atom. The van der Waals surface area contributed by atoms with E-state index < -0.39 is 17.4 Å². The van der Waals surface area contributed by atoms with Crippen LogP contribution in [-0.2, 0) is 6.18 Å². The Bertz CT molecular complexity index is 873. The molecule has 2 N–H and O–H groups in total. The maximum Gasteiger partial charge on any atom is 0.419 e. The van der Waals surface area contributed by atoms with Gasteiger partial charge in [0.2, 0.25) is 0 Å². The van der Waals surface area contributed by atoms with Gasteiger partial charge in [-0.15, -0.1) is 0 Å². The van der Waals surface area contributed by atoms with E-state index in [1.807, 2.05) is 0 Å². The maximum absolute atomic E-state index is 12.8. The molecule has 3 rings (SSSR count). The fourth-order valence-electron chi connectivity index (χ4n) is 2.00. The summed E-state index contributed by atoms with van der Waals surface area (Å²) in [5.74, 6) is 0.284. The van der Waals surface area contributed by atoms with Crippen LogP contribution in [0.4, 0.5) is 18.9 Å². The second-order valence-electron chi connectivity index (χ2n) is 4.50. The Labute approximate surface area is 126 Å². The number of hydrogen-bond donors (Lipinski definition) is 1. The number of nitrogen functional groups attached to an aromatic ring is 1. The molecule has 0 radical (unpaired) electrons. The van der Waals surface area contributed by atoms with Crippen LogP contribution in [0.1, 0.15) is 11.3 Å². The number of aryl methyl sites for hydroxylation is 1. The number of aromatic nitrogens is 5. The van der Waals surface area contributed by atoms with Crippen molar-refractivity contribution in [2.45, 2.75) is 13.1 Å². The standard InChI is InChI=1S/C12H8ClF3N6/c1-5-2-7(22-11(21-5)19-4-20-22)10-8(13)9(17)6(3-18-10)12(14,15)16/h2-4H,1H3,(H2,17,18). The Morgan fingerprint density at radius 2 is 2.00 bits per heavy atom. The molecule has 0 spiro atoms. The highest BCUT2D eigenvalue weighted by Crippen LogP contribution is 2.39. The SMILES string of the molecule is Cc1cc(-c2ncc(C(F)(F)F)c(N)c2Cl)n2ncnc2n1. The van der Waals surface area contributed by atoms with Crippen molar-refractivity contribution in [2.75, 3.05) is 5.73 Å². The quantitative estimate of drug-likeness (QED) is 0.742. The zero-order valence-electron chi connectivity index (χ0n) is 11.1. The first-order chi connectivity index (χ1) is 10.3. The summed E-state index contributed by atoms with van der Waals surface area (Å²) in [6.07, 6.45) is -2.71. The fraction of sp³-hybridized carbons (Fsp3) is 0.167. The summed E-state index contributed by atoms with van der Waals surface area (Å²) in [7, 11) is 0. The van der Waals surface area contributed by atoms with Crippen molar-refractivity contribution in [1.29, 1.82) is 0 Å². The van der Waals surface area contributed by atoms with E-state index in [-0.39, 0.29) is 16.5 Å². The Kier molecular flexibility index (Phi) is 3.17. The van der Waals surface area contributed by atoms with Gasteiger partial charge in [0.25, 0.3) is 5.78 Å². The molecule has 114 valence electrons. The summed E-state index contributed by atoms with van der Waals surface area (Å²) in [5.41, 5.74) is 4.87. The molecule has 0 saturated carbocycles. The van der Waals surface area contributed by atoms with E-state index in [0.717, 1.165) is 0 Å². The second-order valence-corrected chi connectivity index (χ2v) is 4.88. The topological polar surface area (TPSA) is 82.0 Å². The predicted molar refractivity (Wildman–Crippen MR) is 73.2 cm³/mol. The van der Waals surface area contributed by atoms with E-state index in [4.69, 9.17) is 17.3 Å². The molecule has 0 aliphatic heterocycles. The molecule has 0 aromatic carbocycles. The van der Waals surface area contributed by atoms with E-state index in [0.29, 0.717) is 17.6 Å². The number of nitrogens with two attached hydrogens (primary N) is 1. The number of pyridine rings is 1. The van der Waals surface area contributed by atoms with Gasteiger partial charge < -0.3 is 5.73 Å². The molecule has 0 fully saturated rings. The number of hydrogen-bond acceptors (Lipinski definition) is 5. The number of halogens is 4. The van der Waals surface area contributed by atoms with Crippen LogP contribution in [0, 0.1) is 6.92 Å². The van der Waals surface area contributed by atoms with Gasteiger partial charge in [-0.05, 0) is 13.0 Å². The molecule has 0 aliphatic carbocycles. The van der Waals surface area contributed by atoms with Crippen molar-refractivity contribution in [3.8, 4) is 11.4 Å². The monoisotopic (exact) mass is 328 g/mol. The van der Waals surface area contributed by atoms with Crippen molar-refractivity contribution in [3.63, 3.8) is 0 Å². The van der Waals surface area contributed by atoms with Crippen LogP contribution in [0.25, 0.3) is 17.2 Å². The van der Waals surface area contributed by atoms with Crippen molar-refractivity contribution in [2.24, 2.45) is 0 Å². The molecule has 0 amide bonds. The highest BCUT2D eigenvalue weighted by molar-refractivity contribution is 6.35. The minimum absolute atomic E-state index is 0.0770. The zero-order valence-corrected chi connectivity index (χ0v) is 11.8. The van der Waals surface area contributed by atoms with Gasteiger partial charge in [-0.2, -0.15) is 27.8 Å². The van der Waals surface area contributed by atoms with Gasteiger partial charge in [0.15, 0.2) is 0 Å². The van der Waals surface area contributed by atoms with Crippen LogP contribution in [0.5, 0.6) is 0 Å². The zero-order chi connectivity index (χ0) is 16.1. The lowest BCUT2D eigenvalue weighted by molar-refractivity contribution is -0.137. The first-order valence-electron chi connectivity index (χ1n) is 5.98. The van der Waals surface area contributed by atoms with E-state index >= 15 is 0 Å². The van der Waals surface area contributed by atoms with Gasteiger partial charge in [-0.3, -0.25) is 4.98 Å². The maximum atomic E-state index is 12.8. The van der Waals surface area contributed by atoms with Gasteiger partial charge in [0.05, 0.1) is 22.0 Å². The summed E-state index contributed by atoms with van der Waals surface area (Å²) < 4.78 is 39.8. The smallest absolute Gasteiger partial charge is 0.397 e. The van der Waals surface area contributed by atoms with Crippen LogP contribution < -0.4 is 5.73 Å². The Morgan fingerprint density at radius 1 is 1.27 bits per heavy atom. The van der Waals surface area contributed by atoms with E-state index in [2.05, 4.69) is 20.1 Å². The summed E-state index contributed by atoms with van der Waals surface area (Å²) in [4.78, 5) is 11.9. The third-order valence-corrected chi connectivity index (χ3v) is 3.37. The summed E-state index contributed by atoms with van der Waals surface area (Å²) >= 11 is 5.99. The van der Waals surface area contributed by atoms with Crippen molar-refractivity contribution >= 4 is 23.1 Å². The van der Waals surface area contributed by atoms with Crippen LogP contribution in [0.15, 0.2) is 18.6 Å². The van der Waals surface area contributed by atoms with Crippen molar-refractivity contribution in [3.05, 3.63) is 34.9 Å². The normalized spacial score (nSPS) is 12.0. The van der Waals surface area contributed by atoms with E-state index in [1.165, 1.54) is 10.8 Å². The summed E-state index contributed by atoms with van der Waals surface area (Å²) in [6.45, 7) is 1.71. The lowest BCUT2D eigenvalue weighted by Crippen LogP contribution is -2.11. The van der Waals surface area contributed by atoms with Gasteiger partial charge in [-0.25, -0.2) is 4.98 Å². The number of anilines is 1. The third-order valence-electron chi connectivity index (χ3n) is 2.99. The molecular weight excluding hydrogens is 321 g/mol. The highest BCUT2D eigenvalue weighted by Gasteiger charge is 2.35. The Hall–Kier alpha value is -2.42. The minimum Gasteiger partial charge on any atom is -0.397 e. The van der Waals surface area contributed by atoms with Crippen LogP contribution in [-0.4, -0.2) is 24.6 Å². The third kappa shape index (κ3) is 2.23. The number of fused-ring (bicyclic) bond motifs is 1.